The second-order valence-electron chi connectivity index (χ2n) is 8.08. The number of carbonyl (C=O) groups is 1. The minimum Gasteiger partial charge on any atom is -0.362 e. The fraction of sp³-hybridized carbons (Fsp3) is 0.261. The fourth-order valence-electron chi connectivity index (χ4n) is 4.55. The van der Waals surface area contributed by atoms with Gasteiger partial charge in [0.1, 0.15) is 5.66 Å². The van der Waals surface area contributed by atoms with Crippen LogP contribution in [0, 0.1) is 0 Å². The van der Waals surface area contributed by atoms with Crippen LogP contribution in [0.25, 0.3) is 0 Å². The summed E-state index contributed by atoms with van der Waals surface area (Å²) in [5.41, 5.74) is 1.61. The molecular weight excluding hydrogens is 426 g/mol. The van der Waals surface area contributed by atoms with Gasteiger partial charge in [0, 0.05) is 23.8 Å². The minimum absolute atomic E-state index is 0.00440. The summed E-state index contributed by atoms with van der Waals surface area (Å²) in [7, 11) is -3.85. The van der Waals surface area contributed by atoms with Crippen molar-refractivity contribution < 1.29 is 13.2 Å². The second-order valence-corrected chi connectivity index (χ2v) is 9.76. The van der Waals surface area contributed by atoms with Gasteiger partial charge in [0.15, 0.2) is 0 Å². The summed E-state index contributed by atoms with van der Waals surface area (Å²) in [5, 5.41) is 3.63. The number of fused-ring (bicyclic) bond motifs is 1. The largest absolute Gasteiger partial charge is 0.362 e. The van der Waals surface area contributed by atoms with Gasteiger partial charge in [0.2, 0.25) is 5.95 Å². The van der Waals surface area contributed by atoms with Crippen molar-refractivity contribution in [2.24, 2.45) is 0 Å². The third-order valence-corrected chi connectivity index (χ3v) is 7.38. The van der Waals surface area contributed by atoms with Crippen molar-refractivity contribution in [3.05, 3.63) is 72.6 Å². The fourth-order valence-corrected chi connectivity index (χ4v) is 5.51. The third kappa shape index (κ3) is 3.58. The quantitative estimate of drug-likeness (QED) is 0.624. The van der Waals surface area contributed by atoms with Gasteiger partial charge in [-0.25, -0.2) is 23.1 Å². The zero-order chi connectivity index (χ0) is 22.2. The third-order valence-electron chi connectivity index (χ3n) is 6.03. The Hall–Kier alpha value is -3.46. The second kappa shape index (κ2) is 7.90. The Balaban J connectivity index is 1.50. The number of rotatable bonds is 4. The van der Waals surface area contributed by atoms with Crippen LogP contribution in [-0.4, -0.2) is 30.0 Å². The lowest BCUT2D eigenvalue weighted by Gasteiger charge is -2.50. The van der Waals surface area contributed by atoms with E-state index in [-0.39, 0.29) is 16.8 Å². The van der Waals surface area contributed by atoms with Crippen molar-refractivity contribution in [2.75, 3.05) is 14.9 Å². The van der Waals surface area contributed by atoms with Gasteiger partial charge in [0.25, 0.3) is 15.9 Å². The van der Waals surface area contributed by atoms with Crippen molar-refractivity contribution in [1.82, 2.24) is 9.97 Å². The molecule has 0 saturated heterocycles. The first-order valence-corrected chi connectivity index (χ1v) is 12.1. The number of nitrogens with zero attached hydrogens (tertiary/aromatic N) is 3. The van der Waals surface area contributed by atoms with Crippen LogP contribution >= 0.6 is 0 Å². The van der Waals surface area contributed by atoms with Crippen LogP contribution in [-0.2, 0) is 10.0 Å². The maximum absolute atomic E-state index is 13.6. The van der Waals surface area contributed by atoms with E-state index >= 15 is 0 Å². The van der Waals surface area contributed by atoms with Gasteiger partial charge in [-0.05, 0) is 68.1 Å². The topological polar surface area (TPSA) is 104 Å². The zero-order valence-electron chi connectivity index (χ0n) is 17.4. The van der Waals surface area contributed by atoms with Gasteiger partial charge in [-0.2, -0.15) is 0 Å². The number of benzene rings is 2. The van der Waals surface area contributed by atoms with Crippen LogP contribution < -0.4 is 14.9 Å². The van der Waals surface area contributed by atoms with E-state index in [2.05, 4.69) is 20.0 Å². The van der Waals surface area contributed by atoms with Gasteiger partial charge >= 0.3 is 0 Å². The summed E-state index contributed by atoms with van der Waals surface area (Å²) in [5.74, 6) is -0.0718. The number of hydrogen-bond acceptors (Lipinski definition) is 6. The summed E-state index contributed by atoms with van der Waals surface area (Å²) < 4.78 is 27.8. The summed E-state index contributed by atoms with van der Waals surface area (Å²) in [6.07, 6.45) is 7.77. The summed E-state index contributed by atoms with van der Waals surface area (Å²) >= 11 is 0. The maximum Gasteiger partial charge on any atom is 0.264 e. The highest BCUT2D eigenvalue weighted by molar-refractivity contribution is 7.92. The van der Waals surface area contributed by atoms with E-state index in [1.807, 2.05) is 24.3 Å². The van der Waals surface area contributed by atoms with Crippen molar-refractivity contribution in [2.45, 2.75) is 42.7 Å². The van der Waals surface area contributed by atoms with Crippen LogP contribution in [0.2, 0.25) is 0 Å². The molecule has 164 valence electrons. The van der Waals surface area contributed by atoms with E-state index in [1.54, 1.807) is 23.1 Å². The molecule has 1 amide bonds. The van der Waals surface area contributed by atoms with Crippen molar-refractivity contribution in [3.63, 3.8) is 0 Å². The molecule has 1 aliphatic carbocycles. The standard InChI is InChI=1S/C23H23N5O3S/c29-21-19-7-2-3-8-20(19)26-23(13-4-1-5-14-23)28(21)17-9-11-18(12-10-17)32(30,31)27-22-24-15-6-16-25-22/h2-3,6-12,15-16,26H,1,4-5,13-14H2,(H,24,25,27). The number of nitrogens with one attached hydrogen (secondary N) is 2. The first kappa shape index (κ1) is 20.4. The van der Waals surface area contributed by atoms with Gasteiger partial charge < -0.3 is 5.32 Å². The SMILES string of the molecule is O=C1c2ccccc2NC2(CCCCC2)N1c1ccc(S(=O)(=O)Nc2ncccn2)cc1. The predicted molar refractivity (Wildman–Crippen MR) is 122 cm³/mol. The molecule has 2 aromatic carbocycles. The molecule has 0 unspecified atom stereocenters. The molecule has 2 heterocycles. The molecule has 1 aliphatic heterocycles. The van der Waals surface area contributed by atoms with E-state index in [4.69, 9.17) is 0 Å². The number of anilines is 3. The number of carbonyl (C=O) groups excluding carboxylic acids is 1. The van der Waals surface area contributed by atoms with Gasteiger partial charge in [-0.3, -0.25) is 9.69 Å². The maximum atomic E-state index is 13.6. The van der Waals surface area contributed by atoms with Crippen LogP contribution in [0.1, 0.15) is 42.5 Å². The van der Waals surface area contributed by atoms with Crippen molar-refractivity contribution in [1.29, 1.82) is 0 Å². The van der Waals surface area contributed by atoms with Gasteiger partial charge in [-0.1, -0.05) is 18.6 Å². The molecule has 1 aromatic heterocycles. The van der Waals surface area contributed by atoms with Crippen LogP contribution in [0.5, 0.6) is 0 Å². The average molecular weight is 450 g/mol. The number of aromatic nitrogens is 2. The molecule has 2 N–H and O–H groups in total. The summed E-state index contributed by atoms with van der Waals surface area (Å²) in [4.78, 5) is 23.2. The molecule has 8 nitrogen and oxygen atoms in total. The Bertz CT molecular complexity index is 1240. The summed E-state index contributed by atoms with van der Waals surface area (Å²) in [6, 6.07) is 15.5. The van der Waals surface area contributed by atoms with Gasteiger partial charge in [0.05, 0.1) is 10.5 Å². The van der Waals surface area contributed by atoms with Gasteiger partial charge in [-0.15, -0.1) is 0 Å². The van der Waals surface area contributed by atoms with Crippen molar-refractivity contribution >= 4 is 33.3 Å². The molecule has 5 rings (SSSR count). The van der Waals surface area contributed by atoms with E-state index in [9.17, 15) is 13.2 Å². The van der Waals surface area contributed by atoms with E-state index in [0.29, 0.717) is 11.3 Å². The minimum atomic E-state index is -3.85. The Morgan fingerprint density at radius 2 is 1.59 bits per heavy atom. The highest BCUT2D eigenvalue weighted by atomic mass is 32.2. The lowest BCUT2D eigenvalue weighted by Crippen LogP contribution is -2.61. The molecule has 0 bridgehead atoms. The first-order chi connectivity index (χ1) is 15.5. The monoisotopic (exact) mass is 449 g/mol. The normalized spacial score (nSPS) is 17.5. The smallest absolute Gasteiger partial charge is 0.264 e. The van der Waals surface area contributed by atoms with E-state index in [1.165, 1.54) is 24.5 Å². The Labute approximate surface area is 186 Å². The number of para-hydroxylation sites is 1. The Morgan fingerprint density at radius 1 is 0.906 bits per heavy atom. The highest BCUT2D eigenvalue weighted by Crippen LogP contribution is 2.43. The molecule has 1 spiro atoms. The zero-order valence-corrected chi connectivity index (χ0v) is 18.2. The lowest BCUT2D eigenvalue weighted by atomic mass is 9.84. The van der Waals surface area contributed by atoms with Crippen LogP contribution in [0.4, 0.5) is 17.3 Å². The van der Waals surface area contributed by atoms with Crippen LogP contribution in [0.3, 0.4) is 0 Å². The predicted octanol–water partition coefficient (Wildman–Crippen LogP) is 4.01. The Morgan fingerprint density at radius 3 is 2.31 bits per heavy atom. The number of amides is 1. The lowest BCUT2D eigenvalue weighted by molar-refractivity contribution is 0.0938. The Kier molecular flexibility index (Phi) is 5.05. The molecule has 9 heteroatoms. The molecule has 0 atom stereocenters. The molecule has 2 aliphatic rings. The molecule has 3 aromatic rings. The molecule has 1 saturated carbocycles. The van der Waals surface area contributed by atoms with Crippen molar-refractivity contribution in [3.8, 4) is 0 Å². The first-order valence-electron chi connectivity index (χ1n) is 10.6. The van der Waals surface area contributed by atoms with Crippen LogP contribution in [0.15, 0.2) is 71.9 Å². The highest BCUT2D eigenvalue weighted by Gasteiger charge is 2.46. The number of hydrogen-bond donors (Lipinski definition) is 2. The molecule has 32 heavy (non-hydrogen) atoms. The van der Waals surface area contributed by atoms with E-state index < -0.39 is 15.7 Å². The van der Waals surface area contributed by atoms with E-state index in [0.717, 1.165) is 37.8 Å². The molecule has 0 radical (unpaired) electrons. The average Bonchev–Trinajstić information content (AvgIpc) is 2.80. The number of sulfonamides is 1. The molecular formula is C23H23N5O3S. The molecule has 1 fully saturated rings. The summed E-state index contributed by atoms with van der Waals surface area (Å²) in [6.45, 7) is 0.